The molecule has 0 aliphatic carbocycles. The van der Waals surface area contributed by atoms with E-state index in [1.807, 2.05) is 37.5 Å². The van der Waals surface area contributed by atoms with Crippen LogP contribution in [0.1, 0.15) is 18.1 Å². The number of H-pyrrole nitrogens is 1. The van der Waals surface area contributed by atoms with Crippen molar-refractivity contribution in [1.29, 1.82) is 0 Å². The van der Waals surface area contributed by atoms with Crippen molar-refractivity contribution in [3.63, 3.8) is 0 Å². The Balaban J connectivity index is 3.00. The zero-order valence-corrected chi connectivity index (χ0v) is 6.09. The molecule has 1 heteroatoms. The molecule has 10 heavy (non-hydrogen) atoms. The van der Waals surface area contributed by atoms with Crippen LogP contribution < -0.4 is 0 Å². The molecule has 0 atom stereocenters. The Kier molecular flexibility index (Phi) is 2.11. The summed E-state index contributed by atoms with van der Waals surface area (Å²) in [6, 6.07) is 0. The van der Waals surface area contributed by atoms with Gasteiger partial charge in [0.2, 0.25) is 0 Å². The standard InChI is InChI=1S/C9H11N/c1-3-5-9-7-10-6-8(9)4-2/h3-7,10H,2H2,1H3/b5-3-. The molecule has 0 spiro atoms. The lowest BCUT2D eigenvalue weighted by Gasteiger charge is -1.86. The third kappa shape index (κ3) is 1.18. The number of rotatable bonds is 2. The fraction of sp³-hybridized carbons (Fsp3) is 0.111. The van der Waals surface area contributed by atoms with Gasteiger partial charge in [0.1, 0.15) is 0 Å². The third-order valence-electron chi connectivity index (χ3n) is 1.38. The number of hydrogen-bond donors (Lipinski definition) is 1. The number of allylic oxidation sites excluding steroid dienone is 1. The highest BCUT2D eigenvalue weighted by atomic mass is 14.6. The molecule has 0 radical (unpaired) electrons. The van der Waals surface area contributed by atoms with Crippen LogP contribution in [0.5, 0.6) is 0 Å². The average molecular weight is 133 g/mol. The molecule has 1 aromatic rings. The van der Waals surface area contributed by atoms with Gasteiger partial charge in [-0.3, -0.25) is 0 Å². The van der Waals surface area contributed by atoms with E-state index in [4.69, 9.17) is 0 Å². The van der Waals surface area contributed by atoms with E-state index in [2.05, 4.69) is 11.6 Å². The number of hydrogen-bond acceptors (Lipinski definition) is 0. The molecule has 52 valence electrons. The topological polar surface area (TPSA) is 15.8 Å². The lowest BCUT2D eigenvalue weighted by molar-refractivity contribution is 1.41. The summed E-state index contributed by atoms with van der Waals surface area (Å²) in [5.41, 5.74) is 2.34. The maximum absolute atomic E-state index is 3.69. The van der Waals surface area contributed by atoms with Gasteiger partial charge in [-0.05, 0) is 18.1 Å². The molecule has 0 fully saturated rings. The Morgan fingerprint density at radius 2 is 2.10 bits per heavy atom. The molecular weight excluding hydrogens is 122 g/mol. The molecule has 0 aliphatic heterocycles. The van der Waals surface area contributed by atoms with Gasteiger partial charge in [-0.2, -0.15) is 0 Å². The minimum absolute atomic E-state index is 1.15. The minimum Gasteiger partial charge on any atom is -0.366 e. The van der Waals surface area contributed by atoms with E-state index < -0.39 is 0 Å². The number of aromatic nitrogens is 1. The first-order chi connectivity index (χ1) is 4.88. The average Bonchev–Trinajstić information content (AvgIpc) is 2.36. The first-order valence-corrected chi connectivity index (χ1v) is 3.30. The molecule has 0 unspecified atom stereocenters. The van der Waals surface area contributed by atoms with E-state index in [9.17, 15) is 0 Å². The van der Waals surface area contributed by atoms with E-state index >= 15 is 0 Å². The van der Waals surface area contributed by atoms with Crippen LogP contribution in [0.3, 0.4) is 0 Å². The monoisotopic (exact) mass is 133 g/mol. The van der Waals surface area contributed by atoms with Crippen LogP contribution in [-0.2, 0) is 0 Å². The van der Waals surface area contributed by atoms with Crippen LogP contribution in [0, 0.1) is 0 Å². The van der Waals surface area contributed by atoms with Crippen molar-refractivity contribution < 1.29 is 0 Å². The maximum atomic E-state index is 3.69. The van der Waals surface area contributed by atoms with Crippen molar-refractivity contribution in [3.8, 4) is 0 Å². The molecule has 0 saturated carbocycles. The van der Waals surface area contributed by atoms with Gasteiger partial charge in [-0.15, -0.1) is 0 Å². The molecule has 1 heterocycles. The van der Waals surface area contributed by atoms with Gasteiger partial charge in [-0.1, -0.05) is 24.8 Å². The van der Waals surface area contributed by atoms with Gasteiger partial charge in [0.25, 0.3) is 0 Å². The van der Waals surface area contributed by atoms with Crippen LogP contribution in [0.15, 0.2) is 25.0 Å². The second kappa shape index (κ2) is 3.06. The Labute approximate surface area is 61.1 Å². The molecule has 1 nitrogen and oxygen atoms in total. The summed E-state index contributed by atoms with van der Waals surface area (Å²) in [7, 11) is 0. The van der Waals surface area contributed by atoms with Gasteiger partial charge < -0.3 is 4.98 Å². The summed E-state index contributed by atoms with van der Waals surface area (Å²) in [5, 5.41) is 0. The van der Waals surface area contributed by atoms with E-state index in [0.717, 1.165) is 5.56 Å². The van der Waals surface area contributed by atoms with Crippen molar-refractivity contribution >= 4 is 12.2 Å². The zero-order valence-electron chi connectivity index (χ0n) is 6.09. The van der Waals surface area contributed by atoms with E-state index in [-0.39, 0.29) is 0 Å². The van der Waals surface area contributed by atoms with Crippen LogP contribution >= 0.6 is 0 Å². The highest BCUT2D eigenvalue weighted by Crippen LogP contribution is 2.10. The second-order valence-corrected chi connectivity index (χ2v) is 2.07. The van der Waals surface area contributed by atoms with Gasteiger partial charge in [0.15, 0.2) is 0 Å². The molecule has 1 aromatic heterocycles. The van der Waals surface area contributed by atoms with E-state index in [1.165, 1.54) is 5.56 Å². The molecule has 0 saturated heterocycles. The summed E-state index contributed by atoms with van der Waals surface area (Å²) < 4.78 is 0. The van der Waals surface area contributed by atoms with Gasteiger partial charge in [-0.25, -0.2) is 0 Å². The van der Waals surface area contributed by atoms with Gasteiger partial charge >= 0.3 is 0 Å². The highest BCUT2D eigenvalue weighted by molar-refractivity contribution is 5.63. The largest absolute Gasteiger partial charge is 0.366 e. The quantitative estimate of drug-likeness (QED) is 0.638. The SMILES string of the molecule is C=Cc1c[nH]cc1/C=C\C. The normalized spacial score (nSPS) is 10.5. The first-order valence-electron chi connectivity index (χ1n) is 3.30. The van der Waals surface area contributed by atoms with Crippen LogP contribution in [0.2, 0.25) is 0 Å². The summed E-state index contributed by atoms with van der Waals surface area (Å²) >= 11 is 0. The fourth-order valence-corrected chi connectivity index (χ4v) is 0.889. The van der Waals surface area contributed by atoms with Crippen molar-refractivity contribution in [2.75, 3.05) is 0 Å². The lowest BCUT2D eigenvalue weighted by Crippen LogP contribution is -1.67. The molecule has 1 N–H and O–H groups in total. The van der Waals surface area contributed by atoms with Crippen molar-refractivity contribution in [1.82, 2.24) is 4.98 Å². The Morgan fingerprint density at radius 1 is 1.40 bits per heavy atom. The number of nitrogens with one attached hydrogen (secondary N) is 1. The summed E-state index contributed by atoms with van der Waals surface area (Å²) in [6.45, 7) is 5.69. The Morgan fingerprint density at radius 3 is 2.70 bits per heavy atom. The molecular formula is C9H11N. The molecule has 1 rings (SSSR count). The van der Waals surface area contributed by atoms with Crippen molar-refractivity contribution in [2.45, 2.75) is 6.92 Å². The van der Waals surface area contributed by atoms with E-state index in [0.29, 0.717) is 0 Å². The lowest BCUT2D eigenvalue weighted by atomic mass is 10.2. The van der Waals surface area contributed by atoms with Gasteiger partial charge in [0.05, 0.1) is 0 Å². The smallest absolute Gasteiger partial charge is 0.00842 e. The first kappa shape index (κ1) is 6.87. The summed E-state index contributed by atoms with van der Waals surface area (Å²) in [6.07, 6.45) is 9.79. The van der Waals surface area contributed by atoms with Crippen LogP contribution in [0.25, 0.3) is 12.2 Å². The predicted octanol–water partition coefficient (Wildman–Crippen LogP) is 2.69. The molecule has 0 aliphatic rings. The molecule has 0 aromatic carbocycles. The molecule has 0 amide bonds. The van der Waals surface area contributed by atoms with Crippen LogP contribution in [0.4, 0.5) is 0 Å². The Hall–Kier alpha value is -1.24. The summed E-state index contributed by atoms with van der Waals surface area (Å²) in [5.74, 6) is 0. The van der Waals surface area contributed by atoms with E-state index in [1.54, 1.807) is 0 Å². The highest BCUT2D eigenvalue weighted by Gasteiger charge is 1.92. The Bertz CT molecular complexity index is 243. The van der Waals surface area contributed by atoms with Crippen molar-refractivity contribution in [3.05, 3.63) is 36.2 Å². The fourth-order valence-electron chi connectivity index (χ4n) is 0.889. The maximum Gasteiger partial charge on any atom is 0.00842 e. The number of aromatic amines is 1. The predicted molar refractivity (Wildman–Crippen MR) is 45.6 cm³/mol. The minimum atomic E-state index is 1.15. The van der Waals surface area contributed by atoms with Crippen molar-refractivity contribution in [2.24, 2.45) is 0 Å². The zero-order chi connectivity index (χ0) is 7.40. The summed E-state index contributed by atoms with van der Waals surface area (Å²) in [4.78, 5) is 3.01. The second-order valence-electron chi connectivity index (χ2n) is 2.07. The molecule has 0 bridgehead atoms. The van der Waals surface area contributed by atoms with Crippen LogP contribution in [-0.4, -0.2) is 4.98 Å². The van der Waals surface area contributed by atoms with Gasteiger partial charge in [0, 0.05) is 12.4 Å². The third-order valence-corrected chi connectivity index (χ3v) is 1.38.